The molecular formula is C16H30N2O2. The Kier molecular flexibility index (Phi) is 5.44. The molecule has 1 aliphatic heterocycles. The van der Waals surface area contributed by atoms with Crippen LogP contribution < -0.4 is 5.73 Å². The van der Waals surface area contributed by atoms with Gasteiger partial charge in [0, 0.05) is 12.6 Å². The Labute approximate surface area is 123 Å². The topological polar surface area (TPSA) is 55.6 Å². The number of fused-ring (bicyclic) bond motifs is 1. The lowest BCUT2D eigenvalue weighted by Crippen LogP contribution is -2.52. The van der Waals surface area contributed by atoms with Gasteiger partial charge in [-0.2, -0.15) is 0 Å². The number of hydrogen-bond acceptors (Lipinski definition) is 4. The predicted molar refractivity (Wildman–Crippen MR) is 80.4 cm³/mol. The van der Waals surface area contributed by atoms with Crippen LogP contribution in [0.15, 0.2) is 0 Å². The second-order valence-electron chi connectivity index (χ2n) is 6.68. The third-order valence-electron chi connectivity index (χ3n) is 5.02. The van der Waals surface area contributed by atoms with Crippen molar-refractivity contribution in [1.82, 2.24) is 4.90 Å². The Morgan fingerprint density at radius 2 is 2.00 bits per heavy atom. The summed E-state index contributed by atoms with van der Waals surface area (Å²) in [6.07, 6.45) is 8.84. The molecule has 20 heavy (non-hydrogen) atoms. The van der Waals surface area contributed by atoms with Crippen LogP contribution in [0.1, 0.15) is 58.8 Å². The first kappa shape index (κ1) is 15.8. The van der Waals surface area contributed by atoms with Crippen molar-refractivity contribution in [1.29, 1.82) is 0 Å². The fourth-order valence-corrected chi connectivity index (χ4v) is 3.78. The van der Waals surface area contributed by atoms with Gasteiger partial charge in [0.2, 0.25) is 0 Å². The lowest BCUT2D eigenvalue weighted by atomic mass is 9.78. The standard InChI is InChI=1S/C16H30N2O2/c1-3-20-15(19)16(2,17)10-12-18-11-6-8-13-7-4-5-9-14(13)18/h13-14H,3-12,17H2,1-2H3. The molecule has 1 heterocycles. The summed E-state index contributed by atoms with van der Waals surface area (Å²) in [7, 11) is 0. The smallest absolute Gasteiger partial charge is 0.325 e. The normalized spacial score (nSPS) is 30.4. The predicted octanol–water partition coefficient (Wildman–Crippen LogP) is 2.31. The van der Waals surface area contributed by atoms with Gasteiger partial charge in [-0.25, -0.2) is 0 Å². The maximum atomic E-state index is 11.9. The van der Waals surface area contributed by atoms with Crippen LogP contribution in [0.5, 0.6) is 0 Å². The molecule has 4 heteroatoms. The molecule has 0 bridgehead atoms. The highest BCUT2D eigenvalue weighted by Gasteiger charge is 2.35. The molecule has 1 saturated heterocycles. The van der Waals surface area contributed by atoms with Crippen LogP contribution >= 0.6 is 0 Å². The summed E-state index contributed by atoms with van der Waals surface area (Å²) in [6, 6.07) is 0.732. The highest BCUT2D eigenvalue weighted by molar-refractivity contribution is 5.79. The van der Waals surface area contributed by atoms with Gasteiger partial charge in [-0.3, -0.25) is 4.79 Å². The summed E-state index contributed by atoms with van der Waals surface area (Å²) < 4.78 is 5.07. The minimum atomic E-state index is -0.850. The Balaban J connectivity index is 1.87. The molecule has 3 unspecified atom stereocenters. The number of rotatable bonds is 5. The molecule has 1 saturated carbocycles. The quantitative estimate of drug-likeness (QED) is 0.786. The Morgan fingerprint density at radius 1 is 1.30 bits per heavy atom. The average Bonchev–Trinajstić information content (AvgIpc) is 2.45. The number of nitrogens with zero attached hydrogens (tertiary/aromatic N) is 1. The molecule has 0 radical (unpaired) electrons. The van der Waals surface area contributed by atoms with Crippen molar-refractivity contribution in [2.24, 2.45) is 11.7 Å². The number of hydrogen-bond donors (Lipinski definition) is 1. The second kappa shape index (κ2) is 6.90. The first-order chi connectivity index (χ1) is 9.54. The maximum Gasteiger partial charge on any atom is 0.325 e. The van der Waals surface area contributed by atoms with Crippen molar-refractivity contribution >= 4 is 5.97 Å². The van der Waals surface area contributed by atoms with Gasteiger partial charge in [-0.1, -0.05) is 12.8 Å². The lowest BCUT2D eigenvalue weighted by molar-refractivity contribution is -0.149. The highest BCUT2D eigenvalue weighted by atomic mass is 16.5. The third-order valence-corrected chi connectivity index (χ3v) is 5.02. The largest absolute Gasteiger partial charge is 0.465 e. The van der Waals surface area contributed by atoms with Crippen LogP contribution in [0.4, 0.5) is 0 Å². The van der Waals surface area contributed by atoms with E-state index in [-0.39, 0.29) is 5.97 Å². The van der Waals surface area contributed by atoms with Crippen molar-refractivity contribution in [3.63, 3.8) is 0 Å². The number of carbonyl (C=O) groups is 1. The van der Waals surface area contributed by atoms with Gasteiger partial charge >= 0.3 is 5.97 Å². The van der Waals surface area contributed by atoms with Crippen molar-refractivity contribution < 1.29 is 9.53 Å². The first-order valence-corrected chi connectivity index (χ1v) is 8.24. The average molecular weight is 282 g/mol. The van der Waals surface area contributed by atoms with Crippen LogP contribution in [0, 0.1) is 5.92 Å². The molecule has 0 amide bonds. The summed E-state index contributed by atoms with van der Waals surface area (Å²) >= 11 is 0. The van der Waals surface area contributed by atoms with Crippen molar-refractivity contribution in [3.05, 3.63) is 0 Å². The molecule has 0 spiro atoms. The molecular weight excluding hydrogens is 252 g/mol. The number of ether oxygens (including phenoxy) is 1. The maximum absolute atomic E-state index is 11.9. The number of nitrogens with two attached hydrogens (primary N) is 1. The van der Waals surface area contributed by atoms with E-state index in [1.165, 1.54) is 45.1 Å². The van der Waals surface area contributed by atoms with E-state index in [1.54, 1.807) is 6.92 Å². The number of piperidine rings is 1. The fourth-order valence-electron chi connectivity index (χ4n) is 3.78. The molecule has 4 nitrogen and oxygen atoms in total. The molecule has 0 aromatic carbocycles. The van der Waals surface area contributed by atoms with E-state index in [9.17, 15) is 4.79 Å². The van der Waals surface area contributed by atoms with Crippen LogP contribution in [-0.4, -0.2) is 42.1 Å². The minimum Gasteiger partial charge on any atom is -0.465 e. The van der Waals surface area contributed by atoms with Gasteiger partial charge in [-0.15, -0.1) is 0 Å². The van der Waals surface area contributed by atoms with E-state index in [0.717, 1.165) is 18.5 Å². The van der Waals surface area contributed by atoms with Crippen LogP contribution in [-0.2, 0) is 9.53 Å². The summed E-state index contributed by atoms with van der Waals surface area (Å²) in [5.41, 5.74) is 5.28. The van der Waals surface area contributed by atoms with Gasteiger partial charge in [0.05, 0.1) is 6.61 Å². The van der Waals surface area contributed by atoms with E-state index in [1.807, 2.05) is 6.92 Å². The minimum absolute atomic E-state index is 0.266. The number of esters is 1. The van der Waals surface area contributed by atoms with Crippen LogP contribution in [0.2, 0.25) is 0 Å². The molecule has 2 fully saturated rings. The van der Waals surface area contributed by atoms with E-state index in [4.69, 9.17) is 10.5 Å². The van der Waals surface area contributed by atoms with Crippen LogP contribution in [0.3, 0.4) is 0 Å². The van der Waals surface area contributed by atoms with E-state index < -0.39 is 5.54 Å². The van der Waals surface area contributed by atoms with Gasteiger partial charge < -0.3 is 15.4 Å². The summed E-state index contributed by atoms with van der Waals surface area (Å²) in [5.74, 6) is 0.612. The Hall–Kier alpha value is -0.610. The van der Waals surface area contributed by atoms with E-state index in [0.29, 0.717) is 13.0 Å². The number of carbonyl (C=O) groups excluding carboxylic acids is 1. The fraction of sp³-hybridized carbons (Fsp3) is 0.938. The molecule has 0 aromatic rings. The molecule has 2 N–H and O–H groups in total. The third kappa shape index (κ3) is 3.73. The van der Waals surface area contributed by atoms with Gasteiger partial charge in [0.1, 0.15) is 5.54 Å². The summed E-state index contributed by atoms with van der Waals surface area (Å²) in [5, 5.41) is 0. The molecule has 0 aromatic heterocycles. The zero-order valence-electron chi connectivity index (χ0n) is 13.1. The Bertz CT molecular complexity index is 328. The van der Waals surface area contributed by atoms with Gasteiger partial charge in [0.15, 0.2) is 0 Å². The summed E-state index contributed by atoms with van der Waals surface area (Å²) in [4.78, 5) is 14.4. The first-order valence-electron chi connectivity index (χ1n) is 8.24. The zero-order valence-corrected chi connectivity index (χ0v) is 13.1. The lowest BCUT2D eigenvalue weighted by Gasteiger charge is -2.44. The monoisotopic (exact) mass is 282 g/mol. The SMILES string of the molecule is CCOC(=O)C(C)(N)CCN1CCCC2CCCCC21. The molecule has 116 valence electrons. The Morgan fingerprint density at radius 3 is 2.75 bits per heavy atom. The molecule has 2 aliphatic rings. The van der Waals surface area contributed by atoms with Crippen molar-refractivity contribution in [3.8, 4) is 0 Å². The highest BCUT2D eigenvalue weighted by Crippen LogP contribution is 2.35. The number of likely N-dealkylation sites (tertiary alicyclic amines) is 1. The van der Waals surface area contributed by atoms with Crippen molar-refractivity contribution in [2.75, 3.05) is 19.7 Å². The van der Waals surface area contributed by atoms with Gasteiger partial charge in [0.25, 0.3) is 0 Å². The zero-order chi connectivity index (χ0) is 14.6. The molecule has 1 aliphatic carbocycles. The molecule has 3 atom stereocenters. The van der Waals surface area contributed by atoms with Gasteiger partial charge in [-0.05, 0) is 58.4 Å². The van der Waals surface area contributed by atoms with E-state index in [2.05, 4.69) is 4.90 Å². The second-order valence-corrected chi connectivity index (χ2v) is 6.68. The summed E-state index contributed by atoms with van der Waals surface area (Å²) in [6.45, 7) is 6.12. The van der Waals surface area contributed by atoms with Crippen molar-refractivity contribution in [2.45, 2.75) is 70.4 Å². The molecule has 2 rings (SSSR count). The van der Waals surface area contributed by atoms with E-state index >= 15 is 0 Å². The van der Waals surface area contributed by atoms with Crippen LogP contribution in [0.25, 0.3) is 0 Å².